The van der Waals surface area contributed by atoms with Crippen LogP contribution in [-0.2, 0) is 6.54 Å². The van der Waals surface area contributed by atoms with Gasteiger partial charge < -0.3 is 15.3 Å². The number of rotatable bonds is 5. The van der Waals surface area contributed by atoms with Crippen LogP contribution in [0.15, 0.2) is 42.1 Å². The number of nitrogens with one attached hydrogen (secondary N) is 1. The van der Waals surface area contributed by atoms with Gasteiger partial charge in [0.1, 0.15) is 0 Å². The molecule has 4 nitrogen and oxygen atoms in total. The summed E-state index contributed by atoms with van der Waals surface area (Å²) in [6.45, 7) is 4.58. The van der Waals surface area contributed by atoms with Crippen molar-refractivity contribution in [3.8, 4) is 0 Å². The third kappa shape index (κ3) is 5.01. The summed E-state index contributed by atoms with van der Waals surface area (Å²) in [6, 6.07) is 9.51. The van der Waals surface area contributed by atoms with Crippen LogP contribution < -0.4 is 5.32 Å². The highest BCUT2D eigenvalue weighted by molar-refractivity contribution is 5.75. The number of urea groups is 1. The second-order valence-electron chi connectivity index (χ2n) is 4.30. The first-order valence-corrected chi connectivity index (χ1v) is 5.97. The summed E-state index contributed by atoms with van der Waals surface area (Å²) in [5.74, 6) is 0. The number of hydrogen-bond acceptors (Lipinski definition) is 2. The van der Waals surface area contributed by atoms with Crippen LogP contribution in [0.5, 0.6) is 0 Å². The van der Waals surface area contributed by atoms with E-state index in [1.54, 1.807) is 11.1 Å². The Morgan fingerprint density at radius 2 is 2.00 bits per heavy atom. The molecule has 0 radical (unpaired) electrons. The first-order chi connectivity index (χ1) is 8.63. The molecule has 18 heavy (non-hydrogen) atoms. The number of carbonyl (C=O) groups excluding carboxylic acids is 1. The Morgan fingerprint density at radius 1 is 1.33 bits per heavy atom. The first kappa shape index (κ1) is 14.3. The van der Waals surface area contributed by atoms with E-state index in [0.29, 0.717) is 13.1 Å². The molecule has 0 aromatic heterocycles. The van der Waals surface area contributed by atoms with Gasteiger partial charge in [-0.1, -0.05) is 35.9 Å². The molecule has 0 heterocycles. The van der Waals surface area contributed by atoms with Gasteiger partial charge in [-0.05, 0) is 19.4 Å². The van der Waals surface area contributed by atoms with Gasteiger partial charge in [-0.25, -0.2) is 4.79 Å². The summed E-state index contributed by atoms with van der Waals surface area (Å²) in [5.41, 5.74) is 2.06. The third-order valence-electron chi connectivity index (χ3n) is 2.36. The monoisotopic (exact) mass is 248 g/mol. The average Bonchev–Trinajstić information content (AvgIpc) is 2.36. The van der Waals surface area contributed by atoms with Crippen molar-refractivity contribution < 1.29 is 9.90 Å². The zero-order valence-corrected chi connectivity index (χ0v) is 10.9. The van der Waals surface area contributed by atoms with E-state index in [9.17, 15) is 4.79 Å². The molecule has 0 aliphatic carbocycles. The van der Waals surface area contributed by atoms with Gasteiger partial charge in [0.25, 0.3) is 0 Å². The largest absolute Gasteiger partial charge is 0.395 e. The summed E-state index contributed by atoms with van der Waals surface area (Å²) >= 11 is 0. The van der Waals surface area contributed by atoms with Gasteiger partial charge in [-0.15, -0.1) is 0 Å². The van der Waals surface area contributed by atoms with E-state index < -0.39 is 0 Å². The van der Waals surface area contributed by atoms with Crippen molar-refractivity contribution in [3.05, 3.63) is 47.7 Å². The second kappa shape index (κ2) is 7.50. The molecular formula is C14H20N2O2. The first-order valence-electron chi connectivity index (χ1n) is 5.97. The van der Waals surface area contributed by atoms with Crippen molar-refractivity contribution in [2.75, 3.05) is 13.2 Å². The van der Waals surface area contributed by atoms with Gasteiger partial charge >= 0.3 is 6.03 Å². The molecule has 98 valence electrons. The lowest BCUT2D eigenvalue weighted by molar-refractivity contribution is 0.177. The highest BCUT2D eigenvalue weighted by Crippen LogP contribution is 2.04. The number of aliphatic hydroxyl groups is 1. The van der Waals surface area contributed by atoms with E-state index >= 15 is 0 Å². The second-order valence-corrected chi connectivity index (χ2v) is 4.30. The van der Waals surface area contributed by atoms with Crippen molar-refractivity contribution in [2.45, 2.75) is 20.4 Å². The number of nitrogens with zero attached hydrogens (tertiary/aromatic N) is 1. The Hall–Kier alpha value is -1.81. The number of benzene rings is 1. The standard InChI is InChI=1S/C14H20N2O2/c1-12(2)10-15-14(18)16(8-9-17)11-13-6-4-3-5-7-13/h3-7,10,17H,8-9,11H2,1-2H3,(H,15,18). The van der Waals surface area contributed by atoms with Gasteiger partial charge in [-0.2, -0.15) is 0 Å². The molecule has 0 aliphatic rings. The maximum atomic E-state index is 11.9. The number of allylic oxidation sites excluding steroid dienone is 1. The summed E-state index contributed by atoms with van der Waals surface area (Å²) in [6.07, 6.45) is 1.66. The van der Waals surface area contributed by atoms with Crippen molar-refractivity contribution in [2.24, 2.45) is 0 Å². The molecule has 0 fully saturated rings. The molecule has 4 heteroatoms. The molecule has 2 amide bonds. The van der Waals surface area contributed by atoms with Gasteiger partial charge in [0.05, 0.1) is 6.61 Å². The Balaban J connectivity index is 2.64. The van der Waals surface area contributed by atoms with Crippen LogP contribution in [0.3, 0.4) is 0 Å². The van der Waals surface area contributed by atoms with E-state index in [4.69, 9.17) is 5.11 Å². The van der Waals surface area contributed by atoms with Crippen molar-refractivity contribution in [3.63, 3.8) is 0 Å². The molecule has 1 aromatic carbocycles. The quantitative estimate of drug-likeness (QED) is 0.838. The number of aliphatic hydroxyl groups excluding tert-OH is 1. The third-order valence-corrected chi connectivity index (χ3v) is 2.36. The Bertz CT molecular complexity index is 398. The fraction of sp³-hybridized carbons (Fsp3) is 0.357. The predicted octanol–water partition coefficient (Wildman–Crippen LogP) is 2.11. The van der Waals surface area contributed by atoms with Gasteiger partial charge in [0.15, 0.2) is 0 Å². The molecule has 0 saturated carbocycles. The molecule has 0 unspecified atom stereocenters. The van der Waals surface area contributed by atoms with E-state index in [0.717, 1.165) is 11.1 Å². The van der Waals surface area contributed by atoms with Crippen LogP contribution in [-0.4, -0.2) is 29.2 Å². The van der Waals surface area contributed by atoms with Gasteiger partial charge in [-0.3, -0.25) is 0 Å². The lowest BCUT2D eigenvalue weighted by atomic mass is 10.2. The lowest BCUT2D eigenvalue weighted by Crippen LogP contribution is -2.39. The zero-order chi connectivity index (χ0) is 13.4. The van der Waals surface area contributed by atoms with E-state index in [1.807, 2.05) is 44.2 Å². The number of hydrogen-bond donors (Lipinski definition) is 2. The fourth-order valence-electron chi connectivity index (χ4n) is 1.47. The maximum absolute atomic E-state index is 11.9. The Kier molecular flexibility index (Phi) is 5.94. The predicted molar refractivity (Wildman–Crippen MR) is 71.9 cm³/mol. The van der Waals surface area contributed by atoms with Crippen molar-refractivity contribution >= 4 is 6.03 Å². The molecule has 0 saturated heterocycles. The van der Waals surface area contributed by atoms with Crippen LogP contribution in [0, 0.1) is 0 Å². The lowest BCUT2D eigenvalue weighted by Gasteiger charge is -2.21. The smallest absolute Gasteiger partial charge is 0.321 e. The molecule has 0 bridgehead atoms. The highest BCUT2D eigenvalue weighted by atomic mass is 16.3. The summed E-state index contributed by atoms with van der Waals surface area (Å²) < 4.78 is 0. The molecule has 1 aromatic rings. The average molecular weight is 248 g/mol. The maximum Gasteiger partial charge on any atom is 0.321 e. The van der Waals surface area contributed by atoms with E-state index in [1.165, 1.54) is 0 Å². The summed E-state index contributed by atoms with van der Waals surface area (Å²) in [4.78, 5) is 13.5. The van der Waals surface area contributed by atoms with Gasteiger partial charge in [0, 0.05) is 19.3 Å². The van der Waals surface area contributed by atoms with E-state index in [-0.39, 0.29) is 12.6 Å². The van der Waals surface area contributed by atoms with Crippen LogP contribution in [0.25, 0.3) is 0 Å². The topological polar surface area (TPSA) is 52.6 Å². The Labute approximate surface area is 108 Å². The van der Waals surface area contributed by atoms with Gasteiger partial charge in [0.2, 0.25) is 0 Å². The van der Waals surface area contributed by atoms with Crippen LogP contribution in [0.1, 0.15) is 19.4 Å². The van der Waals surface area contributed by atoms with Crippen molar-refractivity contribution in [1.82, 2.24) is 10.2 Å². The molecule has 1 rings (SSSR count). The summed E-state index contributed by atoms with van der Waals surface area (Å²) in [5, 5.41) is 11.7. The SMILES string of the molecule is CC(C)=CNC(=O)N(CCO)Cc1ccccc1. The number of amides is 2. The zero-order valence-electron chi connectivity index (χ0n) is 10.9. The highest BCUT2D eigenvalue weighted by Gasteiger charge is 2.11. The minimum Gasteiger partial charge on any atom is -0.395 e. The van der Waals surface area contributed by atoms with Crippen LogP contribution in [0.4, 0.5) is 4.79 Å². The molecular weight excluding hydrogens is 228 g/mol. The summed E-state index contributed by atoms with van der Waals surface area (Å²) in [7, 11) is 0. The minimum atomic E-state index is -0.200. The molecule has 0 atom stereocenters. The number of carbonyl (C=O) groups is 1. The Morgan fingerprint density at radius 3 is 2.56 bits per heavy atom. The molecule has 0 aliphatic heterocycles. The van der Waals surface area contributed by atoms with E-state index in [2.05, 4.69) is 5.32 Å². The van der Waals surface area contributed by atoms with Crippen LogP contribution >= 0.6 is 0 Å². The minimum absolute atomic E-state index is 0.0466. The molecule has 0 spiro atoms. The fourth-order valence-corrected chi connectivity index (χ4v) is 1.47. The molecule has 2 N–H and O–H groups in total. The normalized spacial score (nSPS) is 9.72. The van der Waals surface area contributed by atoms with Crippen molar-refractivity contribution in [1.29, 1.82) is 0 Å². The van der Waals surface area contributed by atoms with Crippen LogP contribution in [0.2, 0.25) is 0 Å².